The van der Waals surface area contributed by atoms with Crippen molar-refractivity contribution >= 4 is 6.09 Å². The Morgan fingerprint density at radius 2 is 1.76 bits per heavy atom. The maximum atomic E-state index is 11.9. The molecule has 2 atom stereocenters. The normalized spacial score (nSPS) is 27.1. The number of nitrogens with zero attached hydrogens (tertiary/aromatic N) is 2. The van der Waals surface area contributed by atoms with E-state index in [0.717, 1.165) is 0 Å². The van der Waals surface area contributed by atoms with Gasteiger partial charge in [-0.3, -0.25) is 4.90 Å². The molecule has 0 N–H and O–H groups in total. The highest BCUT2D eigenvalue weighted by atomic mass is 19.4. The molecule has 1 heterocycles. The van der Waals surface area contributed by atoms with Crippen molar-refractivity contribution in [2.75, 3.05) is 26.7 Å². The van der Waals surface area contributed by atoms with Gasteiger partial charge in [-0.25, -0.2) is 4.79 Å². The van der Waals surface area contributed by atoms with Crippen molar-refractivity contribution in [1.29, 1.82) is 0 Å². The Morgan fingerprint density at radius 3 is 2.18 bits per heavy atom. The lowest BCUT2D eigenvalue weighted by atomic mass is 10.1. The van der Waals surface area contributed by atoms with Gasteiger partial charge in [0.05, 0.1) is 0 Å². The molecule has 0 aromatic carbocycles. The molecule has 0 aromatic heterocycles. The van der Waals surface area contributed by atoms with Gasteiger partial charge >= 0.3 is 12.3 Å². The third-order valence-electron chi connectivity index (χ3n) is 2.98. The van der Waals surface area contributed by atoms with E-state index in [1.807, 2.05) is 20.9 Å². The summed E-state index contributed by atoms with van der Waals surface area (Å²) in [6, 6.07) is 0.217. The van der Waals surface area contributed by atoms with Gasteiger partial charge in [-0.05, 0) is 20.9 Å². The summed E-state index contributed by atoms with van der Waals surface area (Å²) >= 11 is 0. The van der Waals surface area contributed by atoms with Crippen LogP contribution in [0.2, 0.25) is 0 Å². The molecule has 1 saturated heterocycles. The van der Waals surface area contributed by atoms with Gasteiger partial charge in [-0.1, -0.05) is 0 Å². The van der Waals surface area contributed by atoms with Crippen LogP contribution in [-0.2, 0) is 4.74 Å². The van der Waals surface area contributed by atoms with Crippen molar-refractivity contribution in [3.63, 3.8) is 0 Å². The SMILES string of the molecule is CC1CN(C(=O)OCC(F)(F)F)CC(C)N1C. The number of amides is 1. The van der Waals surface area contributed by atoms with E-state index in [-0.39, 0.29) is 12.1 Å². The summed E-state index contributed by atoms with van der Waals surface area (Å²) in [6.45, 7) is 3.08. The zero-order valence-corrected chi connectivity index (χ0v) is 10.1. The van der Waals surface area contributed by atoms with Gasteiger partial charge in [-0.15, -0.1) is 0 Å². The maximum Gasteiger partial charge on any atom is 0.422 e. The molecular weight excluding hydrogens is 237 g/mol. The molecular formula is C10H17F3N2O2. The zero-order chi connectivity index (χ0) is 13.2. The molecule has 17 heavy (non-hydrogen) atoms. The van der Waals surface area contributed by atoms with Crippen LogP contribution >= 0.6 is 0 Å². The minimum atomic E-state index is -4.47. The standard InChI is InChI=1S/C10H17F3N2O2/c1-7-4-15(5-8(2)14(7)3)9(16)17-6-10(11,12)13/h7-8H,4-6H2,1-3H3. The lowest BCUT2D eigenvalue weighted by Crippen LogP contribution is -2.56. The Hall–Kier alpha value is -0.980. The van der Waals surface area contributed by atoms with Gasteiger partial charge in [0.25, 0.3) is 0 Å². The summed E-state index contributed by atoms with van der Waals surface area (Å²) in [4.78, 5) is 14.8. The summed E-state index contributed by atoms with van der Waals surface area (Å²) in [5.74, 6) is 0. The van der Waals surface area contributed by atoms with Crippen LogP contribution in [0.5, 0.6) is 0 Å². The van der Waals surface area contributed by atoms with Gasteiger partial charge < -0.3 is 9.64 Å². The third-order valence-corrected chi connectivity index (χ3v) is 2.98. The summed E-state index contributed by atoms with van der Waals surface area (Å²) in [7, 11) is 1.92. The Bertz CT molecular complexity index is 271. The number of halogens is 3. The molecule has 2 unspecified atom stereocenters. The Kier molecular flexibility index (Phi) is 4.24. The molecule has 100 valence electrons. The predicted molar refractivity (Wildman–Crippen MR) is 55.7 cm³/mol. The molecule has 1 aliphatic heterocycles. The van der Waals surface area contributed by atoms with E-state index in [0.29, 0.717) is 13.1 Å². The molecule has 1 fully saturated rings. The van der Waals surface area contributed by atoms with Crippen molar-refractivity contribution in [1.82, 2.24) is 9.80 Å². The van der Waals surface area contributed by atoms with E-state index in [9.17, 15) is 18.0 Å². The second-order valence-electron chi connectivity index (χ2n) is 4.44. The van der Waals surface area contributed by atoms with Crippen LogP contribution in [0.1, 0.15) is 13.8 Å². The van der Waals surface area contributed by atoms with Gasteiger partial charge in [0, 0.05) is 25.2 Å². The molecule has 0 aromatic rings. The van der Waals surface area contributed by atoms with Crippen molar-refractivity contribution in [2.24, 2.45) is 0 Å². The quantitative estimate of drug-likeness (QED) is 0.714. The van der Waals surface area contributed by atoms with Crippen LogP contribution in [0.3, 0.4) is 0 Å². The fraction of sp³-hybridized carbons (Fsp3) is 0.900. The molecule has 7 heteroatoms. The van der Waals surface area contributed by atoms with Crippen molar-refractivity contribution < 1.29 is 22.7 Å². The molecule has 1 aliphatic rings. The van der Waals surface area contributed by atoms with Crippen LogP contribution in [0.25, 0.3) is 0 Å². The lowest BCUT2D eigenvalue weighted by molar-refractivity contribution is -0.163. The smallest absolute Gasteiger partial charge is 0.422 e. The monoisotopic (exact) mass is 254 g/mol. The van der Waals surface area contributed by atoms with Gasteiger partial charge in [0.15, 0.2) is 6.61 Å². The second kappa shape index (κ2) is 5.12. The number of hydrogen-bond acceptors (Lipinski definition) is 3. The zero-order valence-electron chi connectivity index (χ0n) is 10.1. The summed E-state index contributed by atoms with van der Waals surface area (Å²) in [5, 5.41) is 0. The number of alkyl halides is 3. The highest BCUT2D eigenvalue weighted by molar-refractivity contribution is 5.67. The first-order chi connectivity index (χ1) is 7.70. The lowest BCUT2D eigenvalue weighted by Gasteiger charge is -2.41. The summed E-state index contributed by atoms with van der Waals surface area (Å²) in [6.07, 6.45) is -5.37. The van der Waals surface area contributed by atoms with Crippen LogP contribution in [-0.4, -0.2) is 60.9 Å². The molecule has 0 saturated carbocycles. The van der Waals surface area contributed by atoms with Crippen LogP contribution < -0.4 is 0 Å². The number of carbonyl (C=O) groups is 1. The number of likely N-dealkylation sites (N-methyl/N-ethyl adjacent to an activating group) is 1. The molecule has 0 spiro atoms. The van der Waals surface area contributed by atoms with Crippen molar-refractivity contribution in [2.45, 2.75) is 32.1 Å². The Labute approximate surface area is 98.3 Å². The van der Waals surface area contributed by atoms with E-state index >= 15 is 0 Å². The van der Waals surface area contributed by atoms with Gasteiger partial charge in [-0.2, -0.15) is 13.2 Å². The maximum absolute atomic E-state index is 11.9. The van der Waals surface area contributed by atoms with Crippen molar-refractivity contribution in [3.8, 4) is 0 Å². The fourth-order valence-electron chi connectivity index (χ4n) is 1.79. The first-order valence-electron chi connectivity index (χ1n) is 5.41. The minimum Gasteiger partial charge on any atom is -0.440 e. The minimum absolute atomic E-state index is 0.109. The highest BCUT2D eigenvalue weighted by Crippen LogP contribution is 2.17. The van der Waals surface area contributed by atoms with Gasteiger partial charge in [0.1, 0.15) is 0 Å². The highest BCUT2D eigenvalue weighted by Gasteiger charge is 2.34. The predicted octanol–water partition coefficient (Wildman–Crippen LogP) is 1.71. The fourth-order valence-corrected chi connectivity index (χ4v) is 1.79. The van der Waals surface area contributed by atoms with E-state index in [4.69, 9.17) is 0 Å². The van der Waals surface area contributed by atoms with Crippen LogP contribution in [0.15, 0.2) is 0 Å². The number of hydrogen-bond donors (Lipinski definition) is 0. The van der Waals surface area contributed by atoms with Crippen LogP contribution in [0.4, 0.5) is 18.0 Å². The van der Waals surface area contributed by atoms with Gasteiger partial charge in [0.2, 0.25) is 0 Å². The van der Waals surface area contributed by atoms with E-state index < -0.39 is 18.9 Å². The van der Waals surface area contributed by atoms with Crippen molar-refractivity contribution in [3.05, 3.63) is 0 Å². The average Bonchev–Trinajstić information content (AvgIpc) is 2.20. The third kappa shape index (κ3) is 4.07. The number of carbonyl (C=O) groups excluding carboxylic acids is 1. The molecule has 0 aliphatic carbocycles. The molecule has 1 rings (SSSR count). The summed E-state index contributed by atoms with van der Waals surface area (Å²) < 4.78 is 39.9. The largest absolute Gasteiger partial charge is 0.440 e. The van der Waals surface area contributed by atoms with E-state index in [1.165, 1.54) is 4.90 Å². The number of rotatable bonds is 1. The molecule has 4 nitrogen and oxygen atoms in total. The van der Waals surface area contributed by atoms with E-state index in [2.05, 4.69) is 9.64 Å². The molecule has 0 radical (unpaired) electrons. The Morgan fingerprint density at radius 1 is 1.29 bits per heavy atom. The Balaban J connectivity index is 2.48. The molecule has 0 bridgehead atoms. The first-order valence-corrected chi connectivity index (χ1v) is 5.41. The van der Waals surface area contributed by atoms with Crippen LogP contribution in [0, 0.1) is 0 Å². The second-order valence-corrected chi connectivity index (χ2v) is 4.44. The molecule has 1 amide bonds. The summed E-state index contributed by atoms with van der Waals surface area (Å²) in [5.41, 5.74) is 0. The topological polar surface area (TPSA) is 32.8 Å². The van der Waals surface area contributed by atoms with E-state index in [1.54, 1.807) is 0 Å². The average molecular weight is 254 g/mol. The first kappa shape index (κ1) is 14.1. The number of ether oxygens (including phenoxy) is 1. The number of piperazine rings is 1.